The van der Waals surface area contributed by atoms with Crippen molar-refractivity contribution < 1.29 is 33.0 Å². The molecule has 8 nitrogen and oxygen atoms in total. The Labute approximate surface area is 172 Å². The first-order valence-corrected chi connectivity index (χ1v) is 9.51. The molecule has 2 aliphatic heterocycles. The van der Waals surface area contributed by atoms with Crippen LogP contribution in [0.3, 0.4) is 0 Å². The van der Waals surface area contributed by atoms with Gasteiger partial charge in [0.15, 0.2) is 11.6 Å². The fourth-order valence-corrected chi connectivity index (χ4v) is 3.68. The van der Waals surface area contributed by atoms with E-state index in [4.69, 9.17) is 9.47 Å². The highest BCUT2D eigenvalue weighted by atomic mass is 19.1. The van der Waals surface area contributed by atoms with Gasteiger partial charge >= 0.3 is 6.09 Å². The number of hydrogen-bond donors (Lipinski definition) is 2. The summed E-state index contributed by atoms with van der Waals surface area (Å²) < 4.78 is 39.3. The van der Waals surface area contributed by atoms with Gasteiger partial charge in [0.2, 0.25) is 11.9 Å². The molecule has 1 aromatic rings. The number of benzene rings is 1. The van der Waals surface area contributed by atoms with Gasteiger partial charge in [0.25, 0.3) is 0 Å². The maximum atomic E-state index is 14.8. The van der Waals surface area contributed by atoms with Crippen molar-refractivity contribution >= 4 is 18.0 Å². The molecule has 30 heavy (non-hydrogen) atoms. The van der Waals surface area contributed by atoms with Gasteiger partial charge < -0.3 is 14.6 Å². The molecule has 2 heterocycles. The van der Waals surface area contributed by atoms with Gasteiger partial charge in [-0.15, -0.1) is 0 Å². The van der Waals surface area contributed by atoms with E-state index in [-0.39, 0.29) is 30.7 Å². The molecule has 0 radical (unpaired) electrons. The molecule has 1 saturated heterocycles. The van der Waals surface area contributed by atoms with E-state index in [0.717, 1.165) is 11.0 Å². The van der Waals surface area contributed by atoms with Crippen molar-refractivity contribution in [3.05, 3.63) is 29.3 Å². The van der Waals surface area contributed by atoms with Crippen LogP contribution in [0, 0.1) is 17.6 Å². The Bertz CT molecular complexity index is 914. The maximum absolute atomic E-state index is 14.8. The van der Waals surface area contributed by atoms with Crippen molar-refractivity contribution in [3.8, 4) is 5.75 Å². The van der Waals surface area contributed by atoms with Crippen LogP contribution >= 0.6 is 0 Å². The number of guanidine groups is 1. The molecule has 10 heteroatoms. The molecular formula is C20H25F2N3O5. The number of nitrogens with zero attached hydrogens (tertiary/aromatic N) is 2. The van der Waals surface area contributed by atoms with Crippen molar-refractivity contribution in [2.45, 2.75) is 51.4 Å². The number of ether oxygens (including phenoxy) is 2. The highest BCUT2D eigenvalue weighted by molar-refractivity contribution is 6.05. The van der Waals surface area contributed by atoms with Gasteiger partial charge in [0, 0.05) is 18.7 Å². The van der Waals surface area contributed by atoms with Gasteiger partial charge in [0.05, 0.1) is 18.6 Å². The van der Waals surface area contributed by atoms with Crippen LogP contribution in [-0.2, 0) is 19.8 Å². The maximum Gasteiger partial charge on any atom is 0.414 e. The molecule has 0 aliphatic carbocycles. The van der Waals surface area contributed by atoms with E-state index in [1.54, 1.807) is 27.7 Å². The molecule has 3 rings (SSSR count). The van der Waals surface area contributed by atoms with Crippen molar-refractivity contribution in [2.75, 3.05) is 13.7 Å². The minimum atomic E-state index is -1.59. The van der Waals surface area contributed by atoms with E-state index < -0.39 is 46.4 Å². The second-order valence-electron chi connectivity index (χ2n) is 8.58. The number of aromatic hydroxyl groups is 1. The summed E-state index contributed by atoms with van der Waals surface area (Å²) >= 11 is 0. The van der Waals surface area contributed by atoms with Gasteiger partial charge in [0.1, 0.15) is 17.0 Å². The number of rotatable bonds is 1. The number of phenols is 1. The van der Waals surface area contributed by atoms with Gasteiger partial charge in [-0.05, 0) is 40.2 Å². The number of nitrogens with one attached hydrogen (secondary N) is 1. The molecule has 0 spiro atoms. The van der Waals surface area contributed by atoms with Crippen LogP contribution in [0.1, 0.15) is 39.7 Å². The fraction of sp³-hybridized carbons (Fsp3) is 0.550. The molecule has 0 aromatic heterocycles. The fourth-order valence-electron chi connectivity index (χ4n) is 3.68. The van der Waals surface area contributed by atoms with Crippen LogP contribution < -0.4 is 5.32 Å². The van der Waals surface area contributed by atoms with Gasteiger partial charge in [-0.3, -0.25) is 15.0 Å². The first-order chi connectivity index (χ1) is 13.8. The Balaban J connectivity index is 2.12. The lowest BCUT2D eigenvalue weighted by atomic mass is 9.72. The largest absolute Gasteiger partial charge is 0.505 e. The average molecular weight is 425 g/mol. The number of aliphatic imine (C=N–C) groups is 1. The summed E-state index contributed by atoms with van der Waals surface area (Å²) in [6.45, 7) is 6.60. The normalized spacial score (nSPS) is 26.7. The standard InChI is InChI=1S/C20H25F2N3O5/c1-10-6-12-16(27)25(5)17(23-18(28)30-19(2,3)4)24-20(12,9-29-10)11-7-15(26)14(22)8-13(11)21/h7-8,10,12,26H,6,9H2,1-5H3,(H,23,24,28)/t10-,12-,20+/m0/s1. The van der Waals surface area contributed by atoms with Gasteiger partial charge in [-0.25, -0.2) is 18.6 Å². The third-order valence-corrected chi connectivity index (χ3v) is 5.10. The third-order valence-electron chi connectivity index (χ3n) is 5.10. The number of phenolic OH excluding ortho intramolecular Hbond substituents is 1. The summed E-state index contributed by atoms with van der Waals surface area (Å²) in [6.07, 6.45) is -0.917. The Morgan fingerprint density at radius 3 is 2.67 bits per heavy atom. The zero-order chi connectivity index (χ0) is 22.4. The molecule has 2 N–H and O–H groups in total. The van der Waals surface area contributed by atoms with Crippen LogP contribution in [0.2, 0.25) is 0 Å². The van der Waals surface area contributed by atoms with E-state index >= 15 is 0 Å². The van der Waals surface area contributed by atoms with Crippen LogP contribution in [0.4, 0.5) is 13.6 Å². The Morgan fingerprint density at radius 2 is 2.03 bits per heavy atom. The second-order valence-corrected chi connectivity index (χ2v) is 8.58. The van der Waals surface area contributed by atoms with Crippen LogP contribution in [0.25, 0.3) is 0 Å². The summed E-state index contributed by atoms with van der Waals surface area (Å²) in [7, 11) is 1.43. The highest BCUT2D eigenvalue weighted by Gasteiger charge is 2.54. The van der Waals surface area contributed by atoms with E-state index in [1.807, 2.05) is 0 Å². The molecule has 0 saturated carbocycles. The summed E-state index contributed by atoms with van der Waals surface area (Å²) in [4.78, 5) is 31.1. The quantitative estimate of drug-likeness (QED) is 0.721. The lowest BCUT2D eigenvalue weighted by Gasteiger charge is -2.47. The van der Waals surface area contributed by atoms with Crippen molar-refractivity contribution in [1.82, 2.24) is 10.2 Å². The van der Waals surface area contributed by atoms with E-state index in [9.17, 15) is 23.5 Å². The number of alkyl carbamates (subject to hydrolysis) is 1. The summed E-state index contributed by atoms with van der Waals surface area (Å²) in [5.74, 6) is -4.31. The predicted octanol–water partition coefficient (Wildman–Crippen LogP) is 2.64. The molecule has 164 valence electrons. The minimum absolute atomic E-state index is 0.160. The lowest BCUT2D eigenvalue weighted by molar-refractivity contribution is -0.144. The monoisotopic (exact) mass is 425 g/mol. The molecule has 3 atom stereocenters. The summed E-state index contributed by atoms with van der Waals surface area (Å²) in [5.41, 5.74) is -2.57. The minimum Gasteiger partial charge on any atom is -0.505 e. The SMILES string of the molecule is C[C@H]1C[C@H]2C(=O)N(C)C(NC(=O)OC(C)(C)C)=N[C@@]2(c2cc(O)c(F)cc2F)CO1. The number of carbonyl (C=O) groups excluding carboxylic acids is 2. The smallest absolute Gasteiger partial charge is 0.414 e. The first kappa shape index (κ1) is 21.9. The van der Waals surface area contributed by atoms with Crippen molar-refractivity contribution in [3.63, 3.8) is 0 Å². The van der Waals surface area contributed by atoms with Gasteiger partial charge in [-0.2, -0.15) is 0 Å². The molecule has 0 unspecified atom stereocenters. The van der Waals surface area contributed by atoms with Crippen molar-refractivity contribution in [2.24, 2.45) is 10.9 Å². The van der Waals surface area contributed by atoms with Crippen molar-refractivity contribution in [1.29, 1.82) is 0 Å². The van der Waals surface area contributed by atoms with Crippen LogP contribution in [-0.4, -0.2) is 53.3 Å². The zero-order valence-corrected chi connectivity index (χ0v) is 17.5. The third kappa shape index (κ3) is 3.96. The molecule has 2 amide bonds. The molecule has 1 aromatic carbocycles. The van der Waals surface area contributed by atoms with E-state index in [1.165, 1.54) is 7.05 Å². The molecular weight excluding hydrogens is 400 g/mol. The number of halogens is 2. The number of hydrogen-bond acceptors (Lipinski definition) is 6. The van der Waals surface area contributed by atoms with Crippen LogP contribution in [0.5, 0.6) is 5.75 Å². The van der Waals surface area contributed by atoms with Gasteiger partial charge in [-0.1, -0.05) is 0 Å². The average Bonchev–Trinajstić information content (AvgIpc) is 2.62. The highest BCUT2D eigenvalue weighted by Crippen LogP contribution is 2.46. The number of amides is 2. The topological polar surface area (TPSA) is 100 Å². The molecule has 1 fully saturated rings. The number of carbonyl (C=O) groups is 2. The van der Waals surface area contributed by atoms with Crippen LogP contribution in [0.15, 0.2) is 17.1 Å². The Kier molecular flexibility index (Phi) is 5.48. The number of fused-ring (bicyclic) bond motifs is 1. The van der Waals surface area contributed by atoms with E-state index in [2.05, 4.69) is 10.3 Å². The summed E-state index contributed by atoms with van der Waals surface area (Å²) in [6, 6.07) is 1.44. The lowest BCUT2D eigenvalue weighted by Crippen LogP contribution is -2.61. The zero-order valence-electron chi connectivity index (χ0n) is 17.5. The Morgan fingerprint density at radius 1 is 1.37 bits per heavy atom. The first-order valence-electron chi connectivity index (χ1n) is 9.51. The van der Waals surface area contributed by atoms with E-state index in [0.29, 0.717) is 6.07 Å². The summed E-state index contributed by atoms with van der Waals surface area (Å²) in [5, 5.41) is 12.3. The Hall–Kier alpha value is -2.75. The molecule has 2 aliphatic rings. The molecule has 0 bridgehead atoms. The second kappa shape index (κ2) is 7.50. The predicted molar refractivity (Wildman–Crippen MR) is 103 cm³/mol.